The summed E-state index contributed by atoms with van der Waals surface area (Å²) in [5.41, 5.74) is 1.12. The smallest absolute Gasteiger partial charge is 0.251 e. The number of hydrogen-bond acceptors (Lipinski definition) is 1. The quantitative estimate of drug-likeness (QED) is 0.434. The summed E-state index contributed by atoms with van der Waals surface area (Å²) in [7, 11) is 1.68. The Morgan fingerprint density at radius 3 is 2.59 bits per heavy atom. The molecule has 3 atom stereocenters. The van der Waals surface area contributed by atoms with Crippen molar-refractivity contribution in [2.24, 2.45) is 17.8 Å². The molecule has 1 aliphatic carbocycles. The summed E-state index contributed by atoms with van der Waals surface area (Å²) in [6, 6.07) is 7.96. The molecule has 1 aliphatic rings. The maximum Gasteiger partial charge on any atom is 0.251 e. The fraction of sp³-hybridized carbons (Fsp3) is 0.550. The summed E-state index contributed by atoms with van der Waals surface area (Å²) in [6.07, 6.45) is 11.0. The molecule has 22 heavy (non-hydrogen) atoms. The first-order chi connectivity index (χ1) is 10.6. The highest BCUT2D eigenvalue weighted by Gasteiger charge is 2.36. The number of benzene rings is 1. The van der Waals surface area contributed by atoms with Gasteiger partial charge in [-0.2, -0.15) is 6.08 Å². The van der Waals surface area contributed by atoms with E-state index in [1.807, 2.05) is 36.4 Å². The molecule has 0 aromatic heterocycles. The molecular weight excluding hydrogens is 272 g/mol. The Morgan fingerprint density at radius 2 is 1.95 bits per heavy atom. The molecule has 120 valence electrons. The van der Waals surface area contributed by atoms with Crippen LogP contribution in [0.3, 0.4) is 0 Å². The van der Waals surface area contributed by atoms with Crippen molar-refractivity contribution in [3.05, 3.63) is 35.9 Å². The predicted molar refractivity (Wildman–Crippen MR) is 92.9 cm³/mol. The molecule has 0 amide bonds. The second kappa shape index (κ2) is 8.17. The van der Waals surface area contributed by atoms with E-state index in [1.165, 1.54) is 12.8 Å². The average Bonchev–Trinajstić information content (AvgIpc) is 2.52. The first kappa shape index (κ1) is 16.8. The van der Waals surface area contributed by atoms with E-state index < -0.39 is 0 Å². The van der Waals surface area contributed by atoms with Gasteiger partial charge in [-0.1, -0.05) is 32.9 Å². The zero-order valence-electron chi connectivity index (χ0n) is 14.2. The molecule has 0 N–H and O–H groups in total. The highest BCUT2D eigenvalue weighted by molar-refractivity contribution is 5.74. The van der Waals surface area contributed by atoms with Gasteiger partial charge in [0.1, 0.15) is 5.75 Å². The molecule has 2 nitrogen and oxygen atoms in total. The van der Waals surface area contributed by atoms with Gasteiger partial charge in [-0.25, -0.2) is 0 Å². The fourth-order valence-electron chi connectivity index (χ4n) is 3.22. The van der Waals surface area contributed by atoms with Gasteiger partial charge in [-0.05, 0) is 36.8 Å². The Labute approximate surface area is 134 Å². The molecular formula is C20H28O2. The van der Waals surface area contributed by atoms with E-state index in [2.05, 4.69) is 27.1 Å². The third kappa shape index (κ3) is 4.72. The minimum atomic E-state index is 0.310. The minimum absolute atomic E-state index is 0.310. The van der Waals surface area contributed by atoms with Gasteiger partial charge in [0.15, 0.2) is 0 Å². The number of methoxy groups -OCH3 is 1. The Bertz CT molecular complexity index is 499. The molecule has 2 heteroatoms. The molecule has 2 rings (SSSR count). The Hall–Kier alpha value is -1.57. The summed E-state index contributed by atoms with van der Waals surface area (Å²) < 4.78 is 11.1. The lowest BCUT2D eigenvalue weighted by Crippen LogP contribution is -2.32. The van der Waals surface area contributed by atoms with Crippen LogP contribution >= 0.6 is 0 Å². The lowest BCUT2D eigenvalue weighted by molar-refractivity contribution is -0.0714. The lowest BCUT2D eigenvalue weighted by Gasteiger charge is -2.29. The van der Waals surface area contributed by atoms with Crippen molar-refractivity contribution in [3.8, 4) is 5.75 Å². The fourth-order valence-corrected chi connectivity index (χ4v) is 3.22. The SMILES string of the molecule is COc1ccc(/C=C/[C-]=[O+][C@@H]2C[C@H](C)CC[C@H]2C(C)C)cc1. The maximum atomic E-state index is 5.93. The van der Waals surface area contributed by atoms with Gasteiger partial charge >= 0.3 is 0 Å². The molecule has 0 radical (unpaired) electrons. The maximum absolute atomic E-state index is 5.93. The van der Waals surface area contributed by atoms with E-state index in [4.69, 9.17) is 9.16 Å². The molecule has 0 aliphatic heterocycles. The van der Waals surface area contributed by atoms with Crippen LogP contribution in [0.1, 0.15) is 45.6 Å². The van der Waals surface area contributed by atoms with Crippen molar-refractivity contribution in [1.82, 2.24) is 0 Å². The molecule has 0 spiro atoms. The molecule has 0 bridgehead atoms. The largest absolute Gasteiger partial charge is 0.497 e. The van der Waals surface area contributed by atoms with Crippen LogP contribution in [0.5, 0.6) is 5.75 Å². The Balaban J connectivity index is 1.95. The van der Waals surface area contributed by atoms with Crippen LogP contribution in [0.2, 0.25) is 0 Å². The van der Waals surface area contributed by atoms with Crippen molar-refractivity contribution < 1.29 is 9.16 Å². The van der Waals surface area contributed by atoms with Gasteiger partial charge in [0.25, 0.3) is 6.10 Å². The highest BCUT2D eigenvalue weighted by atomic mass is 16.5. The second-order valence-corrected chi connectivity index (χ2v) is 6.71. The van der Waals surface area contributed by atoms with Crippen molar-refractivity contribution in [2.45, 2.75) is 46.1 Å². The van der Waals surface area contributed by atoms with Crippen LogP contribution in [0.4, 0.5) is 0 Å². The Kier molecular flexibility index (Phi) is 6.23. The van der Waals surface area contributed by atoms with E-state index in [0.29, 0.717) is 17.9 Å². The van der Waals surface area contributed by atoms with Crippen LogP contribution in [0.15, 0.2) is 30.3 Å². The first-order valence-electron chi connectivity index (χ1n) is 8.32. The highest BCUT2D eigenvalue weighted by Crippen LogP contribution is 2.34. The normalized spacial score (nSPS) is 26.1. The van der Waals surface area contributed by atoms with Crippen LogP contribution < -0.4 is 4.74 Å². The molecule has 1 fully saturated rings. The summed E-state index contributed by atoms with van der Waals surface area (Å²) in [5, 5.41) is 0. The third-order valence-corrected chi connectivity index (χ3v) is 4.64. The van der Waals surface area contributed by atoms with Gasteiger partial charge in [0, 0.05) is 12.3 Å². The van der Waals surface area contributed by atoms with Gasteiger partial charge in [-0.15, -0.1) is 11.6 Å². The summed E-state index contributed by atoms with van der Waals surface area (Å²) >= 11 is 0. The monoisotopic (exact) mass is 300 g/mol. The minimum Gasteiger partial charge on any atom is -0.497 e. The molecule has 0 saturated heterocycles. The number of hydrogen-bond donors (Lipinski definition) is 0. The molecule has 0 heterocycles. The van der Waals surface area contributed by atoms with Crippen molar-refractivity contribution in [3.63, 3.8) is 0 Å². The van der Waals surface area contributed by atoms with Crippen LogP contribution in [-0.4, -0.2) is 19.5 Å². The van der Waals surface area contributed by atoms with Crippen LogP contribution in [0, 0.1) is 17.8 Å². The predicted octanol–water partition coefficient (Wildman–Crippen LogP) is 4.81. The van der Waals surface area contributed by atoms with E-state index >= 15 is 0 Å². The summed E-state index contributed by atoms with van der Waals surface area (Å²) in [5.74, 6) is 2.95. The zero-order valence-corrected chi connectivity index (χ0v) is 14.2. The molecule has 1 aromatic carbocycles. The lowest BCUT2D eigenvalue weighted by atomic mass is 9.75. The third-order valence-electron chi connectivity index (χ3n) is 4.64. The van der Waals surface area contributed by atoms with Crippen molar-refractivity contribution in [2.75, 3.05) is 7.11 Å². The number of ether oxygens (including phenoxy) is 1. The number of allylic oxidation sites excluding steroid dienone is 1. The molecule has 1 saturated carbocycles. The van der Waals surface area contributed by atoms with Gasteiger partial charge in [0.2, 0.25) is 6.29 Å². The molecule has 1 aromatic rings. The van der Waals surface area contributed by atoms with Gasteiger partial charge in [0.05, 0.1) is 7.11 Å². The average molecular weight is 300 g/mol. The number of rotatable bonds is 5. The van der Waals surface area contributed by atoms with E-state index in [0.717, 1.165) is 23.7 Å². The topological polar surface area (TPSA) is 20.5 Å². The standard InChI is InChI=1S/C20H28O2/c1-15(2)19-12-7-16(3)14-20(19)22-13-5-6-17-8-10-18(21-4)11-9-17/h5-6,8-11,15-16,19-20H,7,12,14H2,1-4H3/b6-5+/t16-,19+,20-/m1/s1. The van der Waals surface area contributed by atoms with Crippen LogP contribution in [-0.2, 0) is 4.42 Å². The Morgan fingerprint density at radius 1 is 1.23 bits per heavy atom. The van der Waals surface area contributed by atoms with E-state index in [9.17, 15) is 0 Å². The van der Waals surface area contributed by atoms with E-state index in [1.54, 1.807) is 7.11 Å². The number of carbonyl (C=O) groups excluding carboxylic acids is 1. The van der Waals surface area contributed by atoms with Crippen molar-refractivity contribution >= 4 is 12.4 Å². The van der Waals surface area contributed by atoms with Crippen LogP contribution in [0.25, 0.3) is 6.08 Å². The van der Waals surface area contributed by atoms with Gasteiger partial charge in [-0.3, -0.25) is 0 Å². The van der Waals surface area contributed by atoms with Gasteiger partial charge < -0.3 is 9.16 Å². The van der Waals surface area contributed by atoms with E-state index in [-0.39, 0.29) is 0 Å². The summed E-state index contributed by atoms with van der Waals surface area (Å²) in [6.45, 7) is 6.91. The second-order valence-electron chi connectivity index (χ2n) is 6.71. The molecule has 0 unspecified atom stereocenters. The zero-order chi connectivity index (χ0) is 15.9. The van der Waals surface area contributed by atoms with Crippen molar-refractivity contribution in [1.29, 1.82) is 0 Å². The first-order valence-corrected chi connectivity index (χ1v) is 8.32. The summed E-state index contributed by atoms with van der Waals surface area (Å²) in [4.78, 5) is 0.